The van der Waals surface area contributed by atoms with Gasteiger partial charge in [0.05, 0.1) is 12.6 Å². The molecular weight excluding hydrogens is 460 g/mol. The standard InChI is InChI=1S/C21H42N8O6/c1-12(2)10-13(23)17(31)27-14(7-5-9-26-21(24)25)18(32)29-16(11-30)19(33)28-15(20(34)35)6-3-4-8-22/h12-16,30H,3-11,22-23H2,1-2H3,(H,27,31)(H,28,33)(H,29,32)(H,34,35)(H4,24,25,26). The number of nitrogens with two attached hydrogens (primary N) is 4. The lowest BCUT2D eigenvalue weighted by Crippen LogP contribution is -2.58. The molecular formula is C21H42N8O6. The monoisotopic (exact) mass is 502 g/mol. The summed E-state index contributed by atoms with van der Waals surface area (Å²) in [5.41, 5.74) is 21.9. The molecule has 4 atom stereocenters. The Morgan fingerprint density at radius 1 is 0.857 bits per heavy atom. The van der Waals surface area contributed by atoms with Crippen LogP contribution in [0, 0.1) is 5.92 Å². The molecule has 0 rings (SSSR count). The summed E-state index contributed by atoms with van der Waals surface area (Å²) in [5.74, 6) is -3.38. The van der Waals surface area contributed by atoms with E-state index in [1.807, 2.05) is 13.8 Å². The molecule has 0 spiro atoms. The number of carbonyl (C=O) groups is 4. The molecule has 14 nitrogen and oxygen atoms in total. The Kier molecular flexibility index (Phi) is 16.0. The van der Waals surface area contributed by atoms with Crippen LogP contribution in [0.5, 0.6) is 0 Å². The fourth-order valence-corrected chi connectivity index (χ4v) is 3.15. The predicted octanol–water partition coefficient (Wildman–Crippen LogP) is -2.93. The van der Waals surface area contributed by atoms with Gasteiger partial charge < -0.3 is 49.1 Å². The third-order valence-corrected chi connectivity index (χ3v) is 5.02. The summed E-state index contributed by atoms with van der Waals surface area (Å²) >= 11 is 0. The minimum atomic E-state index is -1.43. The normalized spacial score (nSPS) is 14.3. The van der Waals surface area contributed by atoms with Gasteiger partial charge in [-0.2, -0.15) is 0 Å². The highest BCUT2D eigenvalue weighted by molar-refractivity contribution is 5.94. The molecule has 0 aromatic heterocycles. The Bertz CT molecular complexity index is 714. The molecule has 0 aromatic rings. The first-order valence-corrected chi connectivity index (χ1v) is 11.7. The molecule has 13 N–H and O–H groups in total. The first-order chi connectivity index (χ1) is 16.4. The average molecular weight is 503 g/mol. The van der Waals surface area contributed by atoms with Gasteiger partial charge in [-0.15, -0.1) is 0 Å². The van der Waals surface area contributed by atoms with Crippen LogP contribution in [-0.2, 0) is 19.2 Å². The van der Waals surface area contributed by atoms with Crippen molar-refractivity contribution in [3.63, 3.8) is 0 Å². The van der Waals surface area contributed by atoms with E-state index < -0.39 is 54.5 Å². The van der Waals surface area contributed by atoms with Gasteiger partial charge in [-0.3, -0.25) is 19.4 Å². The Morgan fingerprint density at radius 3 is 1.91 bits per heavy atom. The first-order valence-electron chi connectivity index (χ1n) is 11.7. The fourth-order valence-electron chi connectivity index (χ4n) is 3.15. The molecule has 0 aromatic carbocycles. The van der Waals surface area contributed by atoms with E-state index in [9.17, 15) is 29.4 Å². The Morgan fingerprint density at radius 2 is 1.40 bits per heavy atom. The molecule has 0 radical (unpaired) electrons. The number of carboxylic acid groups (broad SMARTS) is 1. The van der Waals surface area contributed by atoms with E-state index in [4.69, 9.17) is 22.9 Å². The second-order valence-electron chi connectivity index (χ2n) is 8.67. The largest absolute Gasteiger partial charge is 0.480 e. The average Bonchev–Trinajstić information content (AvgIpc) is 2.77. The molecule has 3 amide bonds. The van der Waals surface area contributed by atoms with Gasteiger partial charge in [0.25, 0.3) is 0 Å². The van der Waals surface area contributed by atoms with E-state index in [0.29, 0.717) is 32.2 Å². The first kappa shape index (κ1) is 32.0. The van der Waals surface area contributed by atoms with E-state index in [2.05, 4.69) is 20.9 Å². The molecule has 0 saturated carbocycles. The Labute approximate surface area is 205 Å². The molecule has 0 aliphatic heterocycles. The number of nitrogens with zero attached hydrogens (tertiary/aromatic N) is 1. The van der Waals surface area contributed by atoms with E-state index in [-0.39, 0.29) is 31.3 Å². The highest BCUT2D eigenvalue weighted by Gasteiger charge is 2.29. The number of hydrogen-bond acceptors (Lipinski definition) is 8. The van der Waals surface area contributed by atoms with Gasteiger partial charge in [0.1, 0.15) is 18.1 Å². The molecule has 0 heterocycles. The van der Waals surface area contributed by atoms with Gasteiger partial charge in [0, 0.05) is 6.54 Å². The Balaban J connectivity index is 5.31. The Hall–Kier alpha value is -2.97. The van der Waals surface area contributed by atoms with E-state index in [1.165, 1.54) is 0 Å². The summed E-state index contributed by atoms with van der Waals surface area (Å²) in [4.78, 5) is 53.2. The minimum absolute atomic E-state index is 0.120. The van der Waals surface area contributed by atoms with Crippen LogP contribution in [0.25, 0.3) is 0 Å². The number of carboxylic acids is 1. The molecule has 0 bridgehead atoms. The summed E-state index contributed by atoms with van der Waals surface area (Å²) in [6.07, 6.45) is 2.05. The van der Waals surface area contributed by atoms with E-state index >= 15 is 0 Å². The fraction of sp³-hybridized carbons (Fsp3) is 0.762. The van der Waals surface area contributed by atoms with Crippen LogP contribution in [-0.4, -0.2) is 83.7 Å². The second-order valence-corrected chi connectivity index (χ2v) is 8.67. The summed E-state index contributed by atoms with van der Waals surface area (Å²) < 4.78 is 0. The lowest BCUT2D eigenvalue weighted by Gasteiger charge is -2.24. The van der Waals surface area contributed by atoms with Crippen molar-refractivity contribution >= 4 is 29.7 Å². The second kappa shape index (κ2) is 17.5. The van der Waals surface area contributed by atoms with Crippen molar-refractivity contribution in [3.05, 3.63) is 0 Å². The smallest absolute Gasteiger partial charge is 0.326 e. The van der Waals surface area contributed by atoms with Gasteiger partial charge in [-0.1, -0.05) is 13.8 Å². The molecule has 0 saturated heterocycles. The van der Waals surface area contributed by atoms with Crippen LogP contribution in [0.2, 0.25) is 0 Å². The number of rotatable bonds is 18. The number of guanidine groups is 1. The number of hydrogen-bond donors (Lipinski definition) is 9. The lowest BCUT2D eigenvalue weighted by molar-refractivity contribution is -0.142. The third-order valence-electron chi connectivity index (χ3n) is 5.02. The number of unbranched alkanes of at least 4 members (excludes halogenated alkanes) is 1. The zero-order valence-corrected chi connectivity index (χ0v) is 20.5. The van der Waals surface area contributed by atoms with Crippen molar-refractivity contribution in [3.8, 4) is 0 Å². The number of aliphatic imine (C=N–C) groups is 1. The summed E-state index contributed by atoms with van der Waals surface area (Å²) in [6.45, 7) is 3.60. The molecule has 4 unspecified atom stereocenters. The number of aliphatic hydroxyl groups is 1. The SMILES string of the molecule is CC(C)CC(N)C(=O)NC(CCCN=C(N)N)C(=O)NC(CO)C(=O)NC(CCCCN)C(=O)O. The van der Waals surface area contributed by atoms with Crippen molar-refractivity contribution in [2.45, 2.75) is 76.5 Å². The maximum Gasteiger partial charge on any atom is 0.326 e. The van der Waals surface area contributed by atoms with Crippen LogP contribution < -0.4 is 38.9 Å². The number of carbonyl (C=O) groups excluding carboxylic acids is 3. The van der Waals surface area contributed by atoms with Crippen LogP contribution in [0.15, 0.2) is 4.99 Å². The molecule has 0 aliphatic carbocycles. The maximum absolute atomic E-state index is 12.9. The van der Waals surface area contributed by atoms with E-state index in [1.54, 1.807) is 0 Å². The summed E-state index contributed by atoms with van der Waals surface area (Å²) in [6, 6.07) is -4.56. The molecule has 202 valence electrons. The van der Waals surface area contributed by atoms with Gasteiger partial charge >= 0.3 is 5.97 Å². The predicted molar refractivity (Wildman–Crippen MR) is 131 cm³/mol. The molecule has 35 heavy (non-hydrogen) atoms. The lowest BCUT2D eigenvalue weighted by atomic mass is 10.0. The molecule has 0 aliphatic rings. The van der Waals surface area contributed by atoms with Crippen LogP contribution in [0.3, 0.4) is 0 Å². The minimum Gasteiger partial charge on any atom is -0.480 e. The topological polar surface area (TPSA) is 261 Å². The molecule has 0 fully saturated rings. The van der Waals surface area contributed by atoms with Crippen LogP contribution in [0.1, 0.15) is 52.4 Å². The van der Waals surface area contributed by atoms with Crippen molar-refractivity contribution in [1.82, 2.24) is 16.0 Å². The van der Waals surface area contributed by atoms with Crippen LogP contribution >= 0.6 is 0 Å². The van der Waals surface area contributed by atoms with Crippen molar-refractivity contribution in [2.24, 2.45) is 33.8 Å². The zero-order chi connectivity index (χ0) is 27.0. The van der Waals surface area contributed by atoms with Crippen molar-refractivity contribution in [2.75, 3.05) is 19.7 Å². The number of aliphatic carboxylic acids is 1. The summed E-state index contributed by atoms with van der Waals surface area (Å²) in [5, 5.41) is 26.2. The van der Waals surface area contributed by atoms with Crippen molar-refractivity contribution < 1.29 is 29.4 Å². The van der Waals surface area contributed by atoms with Crippen LogP contribution in [0.4, 0.5) is 0 Å². The highest BCUT2D eigenvalue weighted by atomic mass is 16.4. The summed E-state index contributed by atoms with van der Waals surface area (Å²) in [7, 11) is 0. The maximum atomic E-state index is 12.9. The van der Waals surface area contributed by atoms with Gasteiger partial charge in [-0.25, -0.2) is 4.79 Å². The van der Waals surface area contributed by atoms with Gasteiger partial charge in [0.2, 0.25) is 17.7 Å². The quantitative estimate of drug-likeness (QED) is 0.0523. The number of amides is 3. The highest BCUT2D eigenvalue weighted by Crippen LogP contribution is 2.06. The van der Waals surface area contributed by atoms with E-state index in [0.717, 1.165) is 0 Å². The molecule has 14 heteroatoms. The van der Waals surface area contributed by atoms with Gasteiger partial charge in [0.15, 0.2) is 5.96 Å². The zero-order valence-electron chi connectivity index (χ0n) is 20.5. The van der Waals surface area contributed by atoms with Gasteiger partial charge in [-0.05, 0) is 51.0 Å². The van der Waals surface area contributed by atoms with Crippen molar-refractivity contribution in [1.29, 1.82) is 0 Å². The number of aliphatic hydroxyl groups excluding tert-OH is 1. The third kappa shape index (κ3) is 14.1. The number of nitrogens with one attached hydrogen (secondary N) is 3.